The Bertz CT molecular complexity index is 427. The number of ether oxygens (including phenoxy) is 2. The van der Waals surface area contributed by atoms with E-state index in [9.17, 15) is 9.90 Å². The zero-order valence-electron chi connectivity index (χ0n) is 9.97. The predicted octanol–water partition coefficient (Wildman–Crippen LogP) is 1.75. The molecule has 1 aromatic rings. The highest BCUT2D eigenvalue weighted by Gasteiger charge is 2.30. The zero-order chi connectivity index (χ0) is 12.4. The van der Waals surface area contributed by atoms with Crippen LogP contribution in [0, 0.1) is 11.8 Å². The number of carbonyl (C=O) groups is 1. The van der Waals surface area contributed by atoms with Crippen molar-refractivity contribution in [3.05, 3.63) is 23.8 Å². The number of carbonyl (C=O) groups excluding carboxylic acids is 1. The third kappa shape index (κ3) is 2.20. The van der Waals surface area contributed by atoms with E-state index in [0.29, 0.717) is 18.8 Å². The number of fused-ring (bicyclic) bond motifs is 1. The van der Waals surface area contributed by atoms with Crippen molar-refractivity contribution >= 4 is 5.97 Å². The summed E-state index contributed by atoms with van der Waals surface area (Å²) in [5.41, 5.74) is 0.777. The van der Waals surface area contributed by atoms with E-state index in [1.807, 2.05) is 13.0 Å². The Morgan fingerprint density at radius 1 is 1.59 bits per heavy atom. The van der Waals surface area contributed by atoms with Crippen molar-refractivity contribution in [2.75, 3.05) is 13.7 Å². The van der Waals surface area contributed by atoms with Gasteiger partial charge in [0, 0.05) is 11.5 Å². The molecule has 2 atom stereocenters. The Balaban J connectivity index is 2.18. The summed E-state index contributed by atoms with van der Waals surface area (Å²) in [7, 11) is 1.38. The minimum absolute atomic E-state index is 0.0447. The fraction of sp³-hybridized carbons (Fsp3) is 0.462. The fourth-order valence-electron chi connectivity index (χ4n) is 2.11. The highest BCUT2D eigenvalue weighted by Crippen LogP contribution is 2.36. The molecule has 1 N–H and O–H groups in total. The van der Waals surface area contributed by atoms with E-state index in [1.54, 1.807) is 12.1 Å². The maximum absolute atomic E-state index is 11.5. The average molecular weight is 236 g/mol. The lowest BCUT2D eigenvalue weighted by atomic mass is 9.86. The van der Waals surface area contributed by atoms with Crippen LogP contribution < -0.4 is 4.74 Å². The molecule has 0 radical (unpaired) electrons. The molecule has 0 saturated heterocycles. The van der Waals surface area contributed by atoms with Crippen molar-refractivity contribution in [2.45, 2.75) is 13.3 Å². The van der Waals surface area contributed by atoms with Gasteiger partial charge in [0.1, 0.15) is 11.5 Å². The number of aromatic hydroxyl groups is 1. The van der Waals surface area contributed by atoms with Crippen LogP contribution in [0.4, 0.5) is 0 Å². The quantitative estimate of drug-likeness (QED) is 0.795. The summed E-state index contributed by atoms with van der Waals surface area (Å²) in [6.45, 7) is 2.30. The van der Waals surface area contributed by atoms with Gasteiger partial charge in [-0.3, -0.25) is 4.79 Å². The van der Waals surface area contributed by atoms with E-state index in [0.717, 1.165) is 5.56 Å². The van der Waals surface area contributed by atoms with Gasteiger partial charge in [0.25, 0.3) is 0 Å². The molecule has 0 aromatic heterocycles. The Kier molecular flexibility index (Phi) is 3.22. The molecule has 1 heterocycles. The molecule has 2 unspecified atom stereocenters. The molecule has 2 rings (SSSR count). The summed E-state index contributed by atoms with van der Waals surface area (Å²) >= 11 is 0. The van der Waals surface area contributed by atoms with Crippen molar-refractivity contribution in [1.29, 1.82) is 0 Å². The van der Waals surface area contributed by atoms with Crippen LogP contribution in [0.1, 0.15) is 12.5 Å². The minimum Gasteiger partial charge on any atom is -0.508 e. The van der Waals surface area contributed by atoms with E-state index >= 15 is 0 Å². The van der Waals surface area contributed by atoms with E-state index in [2.05, 4.69) is 0 Å². The summed E-state index contributed by atoms with van der Waals surface area (Å²) in [6.07, 6.45) is 0.637. The molecule has 4 heteroatoms. The first kappa shape index (κ1) is 11.8. The number of phenolic OH excluding ortho intramolecular Hbond substituents is 1. The lowest BCUT2D eigenvalue weighted by Crippen LogP contribution is -2.31. The molecule has 0 spiro atoms. The highest BCUT2D eigenvalue weighted by atomic mass is 16.5. The summed E-state index contributed by atoms with van der Waals surface area (Å²) in [6, 6.07) is 5.21. The Labute approximate surface area is 100 Å². The van der Waals surface area contributed by atoms with E-state index in [4.69, 9.17) is 9.47 Å². The maximum atomic E-state index is 11.5. The summed E-state index contributed by atoms with van der Waals surface area (Å²) < 4.78 is 10.3. The Morgan fingerprint density at radius 2 is 2.35 bits per heavy atom. The summed E-state index contributed by atoms with van der Waals surface area (Å²) in [5, 5.41) is 9.76. The van der Waals surface area contributed by atoms with Gasteiger partial charge in [-0.15, -0.1) is 0 Å². The van der Waals surface area contributed by atoms with Crippen molar-refractivity contribution in [1.82, 2.24) is 0 Å². The molecule has 0 fully saturated rings. The number of methoxy groups -OCH3 is 1. The van der Waals surface area contributed by atoms with Crippen molar-refractivity contribution < 1.29 is 19.4 Å². The third-order valence-electron chi connectivity index (χ3n) is 3.31. The first-order valence-electron chi connectivity index (χ1n) is 5.65. The van der Waals surface area contributed by atoms with Crippen LogP contribution in [0.25, 0.3) is 0 Å². The fourth-order valence-corrected chi connectivity index (χ4v) is 2.11. The molecule has 1 aliphatic heterocycles. The van der Waals surface area contributed by atoms with E-state index in [1.165, 1.54) is 7.11 Å². The van der Waals surface area contributed by atoms with Crippen LogP contribution in [0.3, 0.4) is 0 Å². The van der Waals surface area contributed by atoms with Gasteiger partial charge in [-0.1, -0.05) is 13.0 Å². The number of esters is 1. The van der Waals surface area contributed by atoms with Gasteiger partial charge in [-0.05, 0) is 18.6 Å². The molecule has 0 bridgehead atoms. The molecular weight excluding hydrogens is 220 g/mol. The number of rotatable bonds is 2. The second kappa shape index (κ2) is 4.65. The molecule has 1 aromatic carbocycles. The molecule has 4 nitrogen and oxygen atoms in total. The van der Waals surface area contributed by atoms with Gasteiger partial charge in [0.2, 0.25) is 0 Å². The van der Waals surface area contributed by atoms with Gasteiger partial charge in [-0.2, -0.15) is 0 Å². The molecule has 92 valence electrons. The van der Waals surface area contributed by atoms with Gasteiger partial charge < -0.3 is 14.6 Å². The summed E-state index contributed by atoms with van der Waals surface area (Å²) in [5.74, 6) is 0.510. The van der Waals surface area contributed by atoms with Crippen LogP contribution in [-0.4, -0.2) is 24.8 Å². The SMILES string of the molecule is COC(=O)C(C)C1COc2cccc(O)c2C1. The van der Waals surface area contributed by atoms with Crippen LogP contribution >= 0.6 is 0 Å². The van der Waals surface area contributed by atoms with Crippen molar-refractivity contribution in [2.24, 2.45) is 11.8 Å². The monoisotopic (exact) mass is 236 g/mol. The third-order valence-corrected chi connectivity index (χ3v) is 3.31. The van der Waals surface area contributed by atoms with Gasteiger partial charge in [0.15, 0.2) is 0 Å². The largest absolute Gasteiger partial charge is 0.508 e. The van der Waals surface area contributed by atoms with Crippen LogP contribution in [0.15, 0.2) is 18.2 Å². The number of hydrogen-bond donors (Lipinski definition) is 1. The van der Waals surface area contributed by atoms with Crippen LogP contribution in [0.2, 0.25) is 0 Å². The highest BCUT2D eigenvalue weighted by molar-refractivity contribution is 5.72. The van der Waals surface area contributed by atoms with E-state index < -0.39 is 0 Å². The normalized spacial score (nSPS) is 20.0. The average Bonchev–Trinajstić information content (AvgIpc) is 2.37. The molecule has 17 heavy (non-hydrogen) atoms. The Hall–Kier alpha value is -1.71. The lowest BCUT2D eigenvalue weighted by Gasteiger charge is -2.28. The first-order chi connectivity index (χ1) is 8.13. The molecule has 0 amide bonds. The smallest absolute Gasteiger partial charge is 0.308 e. The predicted molar refractivity (Wildman–Crippen MR) is 62.0 cm³/mol. The topological polar surface area (TPSA) is 55.8 Å². The number of benzene rings is 1. The standard InChI is InChI=1S/C13H16O4/c1-8(13(15)16-2)9-6-10-11(14)4-3-5-12(10)17-7-9/h3-5,8-9,14H,6-7H2,1-2H3. The first-order valence-corrected chi connectivity index (χ1v) is 5.65. The van der Waals surface area contributed by atoms with Gasteiger partial charge in [-0.25, -0.2) is 0 Å². The summed E-state index contributed by atoms with van der Waals surface area (Å²) in [4.78, 5) is 11.5. The Morgan fingerprint density at radius 3 is 3.06 bits per heavy atom. The van der Waals surface area contributed by atoms with Crippen molar-refractivity contribution in [3.8, 4) is 11.5 Å². The van der Waals surface area contributed by atoms with Gasteiger partial charge in [0.05, 0.1) is 19.6 Å². The minimum atomic E-state index is -0.238. The molecule has 1 aliphatic rings. The number of hydrogen-bond acceptors (Lipinski definition) is 4. The van der Waals surface area contributed by atoms with Crippen molar-refractivity contribution in [3.63, 3.8) is 0 Å². The molecule has 0 saturated carbocycles. The lowest BCUT2D eigenvalue weighted by molar-refractivity contribution is -0.147. The zero-order valence-corrected chi connectivity index (χ0v) is 9.97. The number of phenols is 1. The second-order valence-electron chi connectivity index (χ2n) is 4.34. The van der Waals surface area contributed by atoms with Crippen LogP contribution in [0.5, 0.6) is 11.5 Å². The molecular formula is C13H16O4. The van der Waals surface area contributed by atoms with Gasteiger partial charge >= 0.3 is 5.97 Å². The second-order valence-corrected chi connectivity index (χ2v) is 4.34. The van der Waals surface area contributed by atoms with Crippen LogP contribution in [-0.2, 0) is 16.0 Å². The van der Waals surface area contributed by atoms with E-state index in [-0.39, 0.29) is 23.6 Å². The maximum Gasteiger partial charge on any atom is 0.308 e. The molecule has 0 aliphatic carbocycles.